The molecule has 1 aliphatic heterocycles. The van der Waals surface area contributed by atoms with E-state index < -0.39 is 0 Å². The Morgan fingerprint density at radius 2 is 1.78 bits per heavy atom. The van der Waals surface area contributed by atoms with Crippen molar-refractivity contribution in [1.82, 2.24) is 9.88 Å². The van der Waals surface area contributed by atoms with Crippen LogP contribution in [0, 0.1) is 6.92 Å². The summed E-state index contributed by atoms with van der Waals surface area (Å²) < 4.78 is 0. The van der Waals surface area contributed by atoms with E-state index in [1.807, 2.05) is 47.8 Å². The molecule has 0 spiro atoms. The number of hydrogen-bond donors (Lipinski definition) is 1. The van der Waals surface area contributed by atoms with E-state index >= 15 is 0 Å². The largest absolute Gasteiger partial charge is 0.300 e. The summed E-state index contributed by atoms with van der Waals surface area (Å²) in [6, 6.07) is 17.9. The van der Waals surface area contributed by atoms with E-state index in [-0.39, 0.29) is 11.9 Å². The predicted octanol–water partition coefficient (Wildman–Crippen LogP) is 4.89. The second kappa shape index (κ2) is 8.03. The van der Waals surface area contributed by atoms with E-state index in [1.165, 1.54) is 16.9 Å². The molecule has 1 saturated heterocycles. The van der Waals surface area contributed by atoms with Crippen molar-refractivity contribution in [3.8, 4) is 11.3 Å². The number of amides is 1. The number of anilines is 1. The number of nitrogens with one attached hydrogen (secondary N) is 1. The van der Waals surface area contributed by atoms with Crippen molar-refractivity contribution in [3.63, 3.8) is 0 Å². The van der Waals surface area contributed by atoms with Crippen molar-refractivity contribution < 1.29 is 4.79 Å². The van der Waals surface area contributed by atoms with Crippen LogP contribution in [0.3, 0.4) is 0 Å². The Kier molecular flexibility index (Phi) is 5.32. The number of carbonyl (C=O) groups is 1. The molecule has 1 aromatic heterocycles. The molecule has 1 fully saturated rings. The predicted molar refractivity (Wildman–Crippen MR) is 111 cm³/mol. The van der Waals surface area contributed by atoms with Crippen molar-refractivity contribution in [2.24, 2.45) is 0 Å². The van der Waals surface area contributed by atoms with E-state index in [0.29, 0.717) is 5.13 Å². The molecule has 4 rings (SSSR count). The maximum atomic E-state index is 13.1. The summed E-state index contributed by atoms with van der Waals surface area (Å²) in [5.74, 6) is -0.00576. The number of aryl methyl sites for hydroxylation is 1. The van der Waals surface area contributed by atoms with Crippen molar-refractivity contribution >= 4 is 22.4 Å². The Morgan fingerprint density at radius 1 is 1.07 bits per heavy atom. The van der Waals surface area contributed by atoms with Crippen molar-refractivity contribution in [2.75, 3.05) is 18.4 Å². The van der Waals surface area contributed by atoms with E-state index in [1.54, 1.807) is 0 Å². The molecule has 0 saturated carbocycles. The lowest BCUT2D eigenvalue weighted by Gasteiger charge is -2.26. The van der Waals surface area contributed by atoms with Gasteiger partial charge in [0, 0.05) is 10.9 Å². The Balaban J connectivity index is 1.56. The summed E-state index contributed by atoms with van der Waals surface area (Å²) in [6.45, 7) is 3.99. The summed E-state index contributed by atoms with van der Waals surface area (Å²) in [5, 5.41) is 5.71. The topological polar surface area (TPSA) is 45.2 Å². The minimum atomic E-state index is -0.264. The SMILES string of the molecule is Cc1ccccc1-c1csc(NC(=O)C(c2ccccc2)N2CCCC2)n1. The smallest absolute Gasteiger partial charge is 0.248 e. The molecule has 1 amide bonds. The third kappa shape index (κ3) is 3.94. The van der Waals surface area contributed by atoms with Gasteiger partial charge in [0.2, 0.25) is 5.91 Å². The highest BCUT2D eigenvalue weighted by Crippen LogP contribution is 2.30. The lowest BCUT2D eigenvalue weighted by atomic mass is 10.0. The summed E-state index contributed by atoms with van der Waals surface area (Å²) in [6.07, 6.45) is 2.29. The third-order valence-corrected chi connectivity index (χ3v) is 5.78. The second-order valence-electron chi connectivity index (χ2n) is 6.90. The zero-order chi connectivity index (χ0) is 18.6. The number of benzene rings is 2. The van der Waals surface area contributed by atoms with Crippen molar-refractivity contribution in [2.45, 2.75) is 25.8 Å². The van der Waals surface area contributed by atoms with Gasteiger partial charge in [-0.15, -0.1) is 11.3 Å². The number of carbonyl (C=O) groups excluding carboxylic acids is 1. The maximum absolute atomic E-state index is 13.1. The Labute approximate surface area is 163 Å². The van der Waals surface area contributed by atoms with Crippen molar-refractivity contribution in [1.29, 1.82) is 0 Å². The molecular formula is C22H23N3OS. The van der Waals surface area contributed by atoms with Crippen LogP contribution >= 0.6 is 11.3 Å². The quantitative estimate of drug-likeness (QED) is 0.688. The fourth-order valence-corrected chi connectivity index (χ4v) is 4.37. The van der Waals surface area contributed by atoms with Gasteiger partial charge in [0.25, 0.3) is 0 Å². The second-order valence-corrected chi connectivity index (χ2v) is 7.76. The molecule has 1 atom stereocenters. The fraction of sp³-hybridized carbons (Fsp3) is 0.273. The van der Waals surface area contributed by atoms with Gasteiger partial charge in [-0.1, -0.05) is 54.6 Å². The maximum Gasteiger partial charge on any atom is 0.248 e. The van der Waals surface area contributed by atoms with Crippen LogP contribution in [0.15, 0.2) is 60.0 Å². The zero-order valence-electron chi connectivity index (χ0n) is 15.4. The number of aromatic nitrogens is 1. The molecule has 5 heteroatoms. The first-order valence-corrected chi connectivity index (χ1v) is 10.2. The van der Waals surface area contributed by atoms with Gasteiger partial charge in [-0.2, -0.15) is 0 Å². The number of hydrogen-bond acceptors (Lipinski definition) is 4. The molecule has 27 heavy (non-hydrogen) atoms. The molecular weight excluding hydrogens is 354 g/mol. The van der Waals surface area contributed by atoms with Gasteiger partial charge in [-0.05, 0) is 44.0 Å². The molecule has 4 nitrogen and oxygen atoms in total. The van der Waals surface area contributed by atoms with Crippen molar-refractivity contribution in [3.05, 3.63) is 71.1 Å². The first-order valence-electron chi connectivity index (χ1n) is 9.34. The number of thiazole rings is 1. The highest BCUT2D eigenvalue weighted by Gasteiger charge is 2.30. The molecule has 3 aromatic rings. The molecule has 1 unspecified atom stereocenters. The van der Waals surface area contributed by atoms with Crippen LogP contribution in [0.5, 0.6) is 0 Å². The van der Waals surface area contributed by atoms with Crippen LogP contribution in [-0.4, -0.2) is 28.9 Å². The average Bonchev–Trinajstić information content (AvgIpc) is 3.36. The van der Waals surface area contributed by atoms with Crippen LogP contribution < -0.4 is 5.32 Å². The molecule has 2 heterocycles. The number of nitrogens with zero attached hydrogens (tertiary/aromatic N) is 2. The highest BCUT2D eigenvalue weighted by molar-refractivity contribution is 7.14. The summed E-state index contributed by atoms with van der Waals surface area (Å²) >= 11 is 1.47. The van der Waals surface area contributed by atoms with Gasteiger partial charge in [0.15, 0.2) is 5.13 Å². The van der Waals surface area contributed by atoms with Crippen LogP contribution in [0.2, 0.25) is 0 Å². The first kappa shape index (κ1) is 17.9. The fourth-order valence-electron chi connectivity index (χ4n) is 3.65. The molecule has 0 bridgehead atoms. The van der Waals surface area contributed by atoms with Crippen LogP contribution in [0.4, 0.5) is 5.13 Å². The van der Waals surface area contributed by atoms with Crippen LogP contribution in [0.25, 0.3) is 11.3 Å². The summed E-state index contributed by atoms with van der Waals surface area (Å²) in [4.78, 5) is 20.0. The average molecular weight is 378 g/mol. The van der Waals surface area contributed by atoms with E-state index in [4.69, 9.17) is 0 Å². The minimum absolute atomic E-state index is 0.00576. The van der Waals surface area contributed by atoms with Crippen LogP contribution in [-0.2, 0) is 4.79 Å². The molecule has 138 valence electrons. The van der Waals surface area contributed by atoms with Gasteiger partial charge < -0.3 is 5.32 Å². The van der Waals surface area contributed by atoms with Gasteiger partial charge >= 0.3 is 0 Å². The zero-order valence-corrected chi connectivity index (χ0v) is 16.2. The standard InChI is InChI=1S/C22H23N3OS/c1-16-9-5-6-12-18(16)19-15-27-22(23-19)24-21(26)20(25-13-7-8-14-25)17-10-3-2-4-11-17/h2-6,9-12,15,20H,7-8,13-14H2,1H3,(H,23,24,26). The van der Waals surface area contributed by atoms with Gasteiger partial charge in [0.05, 0.1) is 5.69 Å². The monoisotopic (exact) mass is 377 g/mol. The molecule has 0 aliphatic carbocycles. The summed E-state index contributed by atoms with van der Waals surface area (Å²) in [5.41, 5.74) is 4.23. The third-order valence-electron chi connectivity index (χ3n) is 5.02. The van der Waals surface area contributed by atoms with Crippen LogP contribution in [0.1, 0.15) is 30.0 Å². The lowest BCUT2D eigenvalue weighted by Crippen LogP contribution is -2.35. The summed E-state index contributed by atoms with van der Waals surface area (Å²) in [7, 11) is 0. The molecule has 0 radical (unpaired) electrons. The lowest BCUT2D eigenvalue weighted by molar-refractivity contribution is -0.121. The number of rotatable bonds is 5. The minimum Gasteiger partial charge on any atom is -0.300 e. The normalized spacial score (nSPS) is 15.6. The number of likely N-dealkylation sites (tertiary alicyclic amines) is 1. The first-order chi connectivity index (χ1) is 13.2. The van der Waals surface area contributed by atoms with E-state index in [9.17, 15) is 4.79 Å². The Morgan fingerprint density at radius 3 is 2.52 bits per heavy atom. The Bertz CT molecular complexity index is 916. The van der Waals surface area contributed by atoms with Gasteiger partial charge in [-0.3, -0.25) is 9.69 Å². The molecule has 2 aromatic carbocycles. The van der Waals surface area contributed by atoms with Gasteiger partial charge in [-0.25, -0.2) is 4.98 Å². The van der Waals surface area contributed by atoms with E-state index in [2.05, 4.69) is 34.3 Å². The highest BCUT2D eigenvalue weighted by atomic mass is 32.1. The Hall–Kier alpha value is -2.50. The molecule has 1 aliphatic rings. The van der Waals surface area contributed by atoms with Gasteiger partial charge in [0.1, 0.15) is 6.04 Å². The molecule has 1 N–H and O–H groups in total. The van der Waals surface area contributed by atoms with E-state index in [0.717, 1.165) is 42.8 Å².